The minimum Gasteiger partial charge on any atom is -0.507 e. The predicted molar refractivity (Wildman–Crippen MR) is 88.3 cm³/mol. The molecule has 0 heterocycles. The highest BCUT2D eigenvalue weighted by Crippen LogP contribution is 2.28. The van der Waals surface area contributed by atoms with E-state index in [4.69, 9.17) is 5.26 Å². The van der Waals surface area contributed by atoms with Gasteiger partial charge in [-0.25, -0.2) is 13.1 Å². The molecule has 0 radical (unpaired) electrons. The number of aromatic hydroxyl groups is 1. The number of sulfonamides is 1. The van der Waals surface area contributed by atoms with Crippen LogP contribution in [0, 0.1) is 11.3 Å². The maximum atomic E-state index is 12.4. The SMILES string of the molecule is CC(C)(C)NS(=O)(=O)c1cccc(-c2ccc(C#N)c(O)c2)c1. The maximum Gasteiger partial charge on any atom is 0.241 e. The summed E-state index contributed by atoms with van der Waals surface area (Å²) in [4.78, 5) is 0.147. The summed E-state index contributed by atoms with van der Waals surface area (Å²) in [6, 6.07) is 12.9. The lowest BCUT2D eigenvalue weighted by molar-refractivity contribution is 0.474. The molecule has 0 bridgehead atoms. The number of hydrogen-bond donors (Lipinski definition) is 2. The second-order valence-electron chi connectivity index (χ2n) is 6.23. The second-order valence-corrected chi connectivity index (χ2v) is 7.91. The van der Waals surface area contributed by atoms with Gasteiger partial charge in [-0.1, -0.05) is 18.2 Å². The van der Waals surface area contributed by atoms with Crippen molar-refractivity contribution in [2.75, 3.05) is 0 Å². The number of phenolic OH excluding ortho intramolecular Hbond substituents is 1. The fourth-order valence-corrected chi connectivity index (χ4v) is 3.57. The van der Waals surface area contributed by atoms with Crippen LogP contribution in [0.15, 0.2) is 47.4 Å². The first-order chi connectivity index (χ1) is 10.6. The van der Waals surface area contributed by atoms with Crippen LogP contribution in [-0.2, 0) is 10.0 Å². The van der Waals surface area contributed by atoms with E-state index in [1.54, 1.807) is 39.0 Å². The van der Waals surface area contributed by atoms with Crippen molar-refractivity contribution in [1.82, 2.24) is 4.72 Å². The molecule has 0 unspecified atom stereocenters. The average Bonchev–Trinajstić information content (AvgIpc) is 2.45. The molecule has 0 aliphatic carbocycles. The lowest BCUT2D eigenvalue weighted by atomic mass is 10.0. The van der Waals surface area contributed by atoms with Gasteiger partial charge in [0, 0.05) is 5.54 Å². The minimum atomic E-state index is -3.64. The molecule has 0 spiro atoms. The van der Waals surface area contributed by atoms with Gasteiger partial charge in [-0.2, -0.15) is 5.26 Å². The van der Waals surface area contributed by atoms with Gasteiger partial charge in [0.15, 0.2) is 0 Å². The van der Waals surface area contributed by atoms with Gasteiger partial charge in [0.05, 0.1) is 10.5 Å². The third-order valence-electron chi connectivity index (χ3n) is 3.04. The molecule has 0 fully saturated rings. The molecule has 2 N–H and O–H groups in total. The molecule has 2 aromatic rings. The van der Waals surface area contributed by atoms with Crippen LogP contribution < -0.4 is 4.72 Å². The molecule has 2 aromatic carbocycles. The molecule has 6 heteroatoms. The summed E-state index contributed by atoms with van der Waals surface area (Å²) in [6.45, 7) is 5.31. The van der Waals surface area contributed by atoms with Gasteiger partial charge >= 0.3 is 0 Å². The number of nitriles is 1. The number of benzene rings is 2. The van der Waals surface area contributed by atoms with Crippen LogP contribution in [0.25, 0.3) is 11.1 Å². The van der Waals surface area contributed by atoms with Gasteiger partial charge in [-0.05, 0) is 56.2 Å². The van der Waals surface area contributed by atoms with E-state index in [-0.39, 0.29) is 16.2 Å². The number of nitrogens with zero attached hydrogens (tertiary/aromatic N) is 1. The topological polar surface area (TPSA) is 90.2 Å². The van der Waals surface area contributed by atoms with Gasteiger partial charge in [-0.3, -0.25) is 0 Å². The van der Waals surface area contributed by atoms with Gasteiger partial charge in [0.1, 0.15) is 11.8 Å². The van der Waals surface area contributed by atoms with Crippen molar-refractivity contribution in [1.29, 1.82) is 5.26 Å². The summed E-state index contributed by atoms with van der Waals surface area (Å²) >= 11 is 0. The van der Waals surface area contributed by atoms with Crippen molar-refractivity contribution in [3.05, 3.63) is 48.0 Å². The molecule has 0 aliphatic heterocycles. The number of hydrogen-bond acceptors (Lipinski definition) is 4. The van der Waals surface area contributed by atoms with E-state index in [1.165, 1.54) is 24.3 Å². The monoisotopic (exact) mass is 330 g/mol. The van der Waals surface area contributed by atoms with Gasteiger partial charge in [-0.15, -0.1) is 0 Å². The smallest absolute Gasteiger partial charge is 0.241 e. The molecule has 0 saturated carbocycles. The predicted octanol–water partition coefficient (Wildman–Crippen LogP) is 3.01. The molecule has 0 atom stereocenters. The first kappa shape index (κ1) is 17.0. The minimum absolute atomic E-state index is 0.133. The molecule has 2 rings (SSSR count). The summed E-state index contributed by atoms with van der Waals surface area (Å²) in [7, 11) is -3.64. The van der Waals surface area contributed by atoms with Crippen molar-refractivity contribution < 1.29 is 13.5 Å². The van der Waals surface area contributed by atoms with Crippen LogP contribution in [0.2, 0.25) is 0 Å². The molecule has 23 heavy (non-hydrogen) atoms. The van der Waals surface area contributed by atoms with E-state index in [2.05, 4.69) is 4.72 Å². The summed E-state index contributed by atoms with van der Waals surface area (Å²) in [5.41, 5.74) is 0.865. The molecule has 5 nitrogen and oxygen atoms in total. The quantitative estimate of drug-likeness (QED) is 0.905. The van der Waals surface area contributed by atoms with Crippen molar-refractivity contribution in [3.63, 3.8) is 0 Å². The zero-order valence-electron chi connectivity index (χ0n) is 13.2. The van der Waals surface area contributed by atoms with Gasteiger partial charge < -0.3 is 5.11 Å². The molecule has 0 saturated heterocycles. The second kappa shape index (κ2) is 6.03. The molecular weight excluding hydrogens is 312 g/mol. The summed E-state index contributed by atoms with van der Waals surface area (Å²) in [6.07, 6.45) is 0. The van der Waals surface area contributed by atoms with Gasteiger partial charge in [0.25, 0.3) is 0 Å². The van der Waals surface area contributed by atoms with E-state index >= 15 is 0 Å². The zero-order chi connectivity index (χ0) is 17.3. The van der Waals surface area contributed by atoms with Crippen LogP contribution in [-0.4, -0.2) is 19.1 Å². The Morgan fingerprint density at radius 2 is 1.74 bits per heavy atom. The van der Waals surface area contributed by atoms with E-state index in [0.29, 0.717) is 11.1 Å². The average molecular weight is 330 g/mol. The van der Waals surface area contributed by atoms with Crippen LogP contribution in [0.5, 0.6) is 5.75 Å². The summed E-state index contributed by atoms with van der Waals surface area (Å²) in [5, 5.41) is 18.6. The maximum absolute atomic E-state index is 12.4. The zero-order valence-corrected chi connectivity index (χ0v) is 14.0. The highest BCUT2D eigenvalue weighted by Gasteiger charge is 2.22. The highest BCUT2D eigenvalue weighted by atomic mass is 32.2. The number of phenols is 1. The standard InChI is InChI=1S/C17H18N2O3S/c1-17(2,3)19-23(21,22)15-6-4-5-12(9-15)13-7-8-14(11-18)16(20)10-13/h4-10,19-20H,1-3H3. The van der Waals surface area contributed by atoms with E-state index in [0.717, 1.165) is 0 Å². The number of nitrogens with one attached hydrogen (secondary N) is 1. The van der Waals surface area contributed by atoms with Crippen molar-refractivity contribution in [2.24, 2.45) is 0 Å². The number of rotatable bonds is 3. The molecule has 0 aliphatic rings. The van der Waals surface area contributed by atoms with Crippen LogP contribution in [0.3, 0.4) is 0 Å². The van der Waals surface area contributed by atoms with Crippen LogP contribution in [0.4, 0.5) is 0 Å². The molecule has 0 amide bonds. The Morgan fingerprint density at radius 3 is 2.30 bits per heavy atom. The first-order valence-electron chi connectivity index (χ1n) is 7.00. The Hall–Kier alpha value is -2.36. The lowest BCUT2D eigenvalue weighted by Gasteiger charge is -2.20. The van der Waals surface area contributed by atoms with Crippen molar-refractivity contribution in [2.45, 2.75) is 31.2 Å². The van der Waals surface area contributed by atoms with E-state index in [9.17, 15) is 13.5 Å². The van der Waals surface area contributed by atoms with E-state index < -0.39 is 15.6 Å². The summed E-state index contributed by atoms with van der Waals surface area (Å²) in [5.74, 6) is -0.133. The Balaban J connectivity index is 2.45. The fraction of sp³-hybridized carbons (Fsp3) is 0.235. The Labute approximate surface area is 136 Å². The Bertz CT molecular complexity index is 875. The van der Waals surface area contributed by atoms with Crippen LogP contribution in [0.1, 0.15) is 26.3 Å². The fourth-order valence-electron chi connectivity index (χ4n) is 2.11. The van der Waals surface area contributed by atoms with Crippen LogP contribution >= 0.6 is 0 Å². The summed E-state index contributed by atoms with van der Waals surface area (Å²) < 4.78 is 27.4. The molecular formula is C17H18N2O3S. The van der Waals surface area contributed by atoms with Crippen molar-refractivity contribution >= 4 is 10.0 Å². The Kier molecular flexibility index (Phi) is 4.46. The van der Waals surface area contributed by atoms with Gasteiger partial charge in [0.2, 0.25) is 10.0 Å². The Morgan fingerprint density at radius 1 is 1.09 bits per heavy atom. The first-order valence-corrected chi connectivity index (χ1v) is 8.48. The molecule has 120 valence electrons. The third kappa shape index (κ3) is 4.09. The third-order valence-corrected chi connectivity index (χ3v) is 4.79. The molecule has 0 aromatic heterocycles. The normalized spacial score (nSPS) is 11.9. The highest BCUT2D eigenvalue weighted by molar-refractivity contribution is 7.89. The van der Waals surface area contributed by atoms with E-state index in [1.807, 2.05) is 6.07 Å². The largest absolute Gasteiger partial charge is 0.507 e. The van der Waals surface area contributed by atoms with Crippen molar-refractivity contribution in [3.8, 4) is 22.9 Å². The lowest BCUT2D eigenvalue weighted by Crippen LogP contribution is -2.40.